The minimum atomic E-state index is -0.358. The summed E-state index contributed by atoms with van der Waals surface area (Å²) in [6.45, 7) is 9.41. The van der Waals surface area contributed by atoms with Crippen molar-refractivity contribution in [3.05, 3.63) is 0 Å². The zero-order valence-electron chi connectivity index (χ0n) is 12.5. The zero-order valence-corrected chi connectivity index (χ0v) is 12.5. The summed E-state index contributed by atoms with van der Waals surface area (Å²) < 4.78 is 10.4. The van der Waals surface area contributed by atoms with Crippen molar-refractivity contribution in [2.75, 3.05) is 33.0 Å². The molecule has 1 N–H and O–H groups in total. The largest absolute Gasteiger partial charge is 0.381 e. The van der Waals surface area contributed by atoms with Gasteiger partial charge in [0.1, 0.15) is 6.61 Å². The average Bonchev–Trinajstić information content (AvgIpc) is 2.39. The first-order chi connectivity index (χ1) is 9.56. The van der Waals surface area contributed by atoms with Crippen LogP contribution in [-0.4, -0.2) is 51.5 Å². The molecule has 0 aromatic carbocycles. The van der Waals surface area contributed by atoms with E-state index in [0.29, 0.717) is 38.7 Å². The van der Waals surface area contributed by atoms with Crippen LogP contribution in [-0.2, 0) is 19.1 Å². The number of rotatable bonds is 12. The highest BCUT2D eigenvalue weighted by atomic mass is 16.5. The van der Waals surface area contributed by atoms with Crippen molar-refractivity contribution in [2.45, 2.75) is 33.1 Å². The molecule has 0 aliphatic heterocycles. The first-order valence-corrected chi connectivity index (χ1v) is 6.98. The molecule has 20 heavy (non-hydrogen) atoms. The summed E-state index contributed by atoms with van der Waals surface area (Å²) >= 11 is 0. The Hall–Kier alpha value is -1.27. The Kier molecular flexibility index (Phi) is 11.9. The van der Waals surface area contributed by atoms with E-state index in [0.717, 1.165) is 12.8 Å². The van der Waals surface area contributed by atoms with Crippen LogP contribution in [0.1, 0.15) is 33.1 Å². The van der Waals surface area contributed by atoms with E-state index < -0.39 is 0 Å². The fourth-order valence-corrected chi connectivity index (χ4v) is 1.42. The first kappa shape index (κ1) is 18.7. The molecule has 0 saturated heterocycles. The molecule has 0 rings (SSSR count). The maximum Gasteiger partial charge on any atom is 0.271 e. The molecule has 0 heterocycles. The third-order valence-corrected chi connectivity index (χ3v) is 2.36. The predicted molar refractivity (Wildman–Crippen MR) is 77.9 cm³/mol. The van der Waals surface area contributed by atoms with E-state index in [-0.39, 0.29) is 18.4 Å². The second-order valence-corrected chi connectivity index (χ2v) is 4.87. The van der Waals surface area contributed by atoms with E-state index in [4.69, 9.17) is 9.47 Å². The van der Waals surface area contributed by atoms with Gasteiger partial charge in [0.15, 0.2) is 0 Å². The standard InChI is InChI=1S/C14H26N2O4/c1-12(2)10-13(17)16-6-4-7-19-8-5-9-20-11-14(18)15-3/h12H,3-11H2,1-2H3,(H,16,17). The first-order valence-electron chi connectivity index (χ1n) is 6.98. The molecule has 0 aliphatic carbocycles. The molecule has 0 bridgehead atoms. The summed E-state index contributed by atoms with van der Waals surface area (Å²) in [4.78, 5) is 25.3. The number of hydrogen-bond acceptors (Lipinski definition) is 4. The van der Waals surface area contributed by atoms with Crippen molar-refractivity contribution in [3.63, 3.8) is 0 Å². The average molecular weight is 286 g/mol. The lowest BCUT2D eigenvalue weighted by Crippen LogP contribution is -2.26. The topological polar surface area (TPSA) is 77.0 Å². The lowest BCUT2D eigenvalue weighted by atomic mass is 10.1. The number of carbonyl (C=O) groups excluding carboxylic acids is 2. The van der Waals surface area contributed by atoms with Gasteiger partial charge in [-0.05, 0) is 25.5 Å². The van der Waals surface area contributed by atoms with Gasteiger partial charge in [0.25, 0.3) is 5.91 Å². The molecule has 0 aromatic rings. The number of amides is 2. The highest BCUT2D eigenvalue weighted by molar-refractivity contribution is 5.81. The summed E-state index contributed by atoms with van der Waals surface area (Å²) in [5, 5.41) is 2.85. The van der Waals surface area contributed by atoms with Crippen LogP contribution in [0.2, 0.25) is 0 Å². The lowest BCUT2D eigenvalue weighted by Gasteiger charge is -2.07. The van der Waals surface area contributed by atoms with Gasteiger partial charge in [-0.2, -0.15) is 0 Å². The summed E-state index contributed by atoms with van der Waals surface area (Å²) in [5.41, 5.74) is 0. The van der Waals surface area contributed by atoms with Crippen LogP contribution < -0.4 is 5.32 Å². The maximum atomic E-state index is 11.3. The molecule has 6 heteroatoms. The van der Waals surface area contributed by atoms with Crippen molar-refractivity contribution in [3.8, 4) is 0 Å². The van der Waals surface area contributed by atoms with Gasteiger partial charge in [-0.15, -0.1) is 0 Å². The minimum absolute atomic E-state index is 0.0224. The lowest BCUT2D eigenvalue weighted by molar-refractivity contribution is -0.123. The van der Waals surface area contributed by atoms with E-state index in [9.17, 15) is 9.59 Å². The van der Waals surface area contributed by atoms with Crippen LogP contribution in [0.5, 0.6) is 0 Å². The molecule has 0 saturated carbocycles. The van der Waals surface area contributed by atoms with Crippen LogP contribution >= 0.6 is 0 Å². The molecule has 0 spiro atoms. The van der Waals surface area contributed by atoms with Crippen molar-refractivity contribution in [1.29, 1.82) is 0 Å². The smallest absolute Gasteiger partial charge is 0.271 e. The quantitative estimate of drug-likeness (QED) is 0.432. The molecular weight excluding hydrogens is 260 g/mol. The summed E-state index contributed by atoms with van der Waals surface area (Å²) in [7, 11) is 0. The molecule has 0 aromatic heterocycles. The van der Waals surface area contributed by atoms with Crippen molar-refractivity contribution >= 4 is 18.5 Å². The second-order valence-electron chi connectivity index (χ2n) is 4.87. The van der Waals surface area contributed by atoms with Gasteiger partial charge in [-0.1, -0.05) is 13.8 Å². The van der Waals surface area contributed by atoms with Crippen molar-refractivity contribution in [2.24, 2.45) is 10.9 Å². The highest BCUT2D eigenvalue weighted by Crippen LogP contribution is 1.97. The van der Waals surface area contributed by atoms with Crippen molar-refractivity contribution < 1.29 is 19.1 Å². The van der Waals surface area contributed by atoms with E-state index in [1.54, 1.807) is 0 Å². The van der Waals surface area contributed by atoms with Gasteiger partial charge in [-0.25, -0.2) is 4.99 Å². The van der Waals surface area contributed by atoms with Gasteiger partial charge in [0, 0.05) is 32.8 Å². The zero-order chi connectivity index (χ0) is 15.2. The Bertz CT molecular complexity index is 293. The van der Waals surface area contributed by atoms with E-state index in [1.807, 2.05) is 13.8 Å². The summed E-state index contributed by atoms with van der Waals surface area (Å²) in [5.74, 6) is 0.117. The number of nitrogens with zero attached hydrogens (tertiary/aromatic N) is 1. The Morgan fingerprint density at radius 1 is 1.15 bits per heavy atom. The third kappa shape index (κ3) is 13.2. The molecule has 0 aliphatic rings. The molecule has 0 atom stereocenters. The summed E-state index contributed by atoms with van der Waals surface area (Å²) in [6, 6.07) is 0. The van der Waals surface area contributed by atoms with Gasteiger partial charge < -0.3 is 14.8 Å². The van der Waals surface area contributed by atoms with Crippen LogP contribution in [0, 0.1) is 5.92 Å². The molecule has 116 valence electrons. The Morgan fingerprint density at radius 3 is 2.45 bits per heavy atom. The number of hydrogen-bond donors (Lipinski definition) is 1. The van der Waals surface area contributed by atoms with Gasteiger partial charge in [0.2, 0.25) is 5.91 Å². The molecular formula is C14H26N2O4. The fourth-order valence-electron chi connectivity index (χ4n) is 1.42. The number of nitrogens with one attached hydrogen (secondary N) is 1. The Morgan fingerprint density at radius 2 is 1.80 bits per heavy atom. The number of carbonyl (C=O) groups is 2. The highest BCUT2D eigenvalue weighted by Gasteiger charge is 2.03. The molecule has 6 nitrogen and oxygen atoms in total. The van der Waals surface area contributed by atoms with Crippen LogP contribution in [0.15, 0.2) is 4.99 Å². The monoisotopic (exact) mass is 286 g/mol. The third-order valence-electron chi connectivity index (χ3n) is 2.36. The van der Waals surface area contributed by atoms with E-state index in [2.05, 4.69) is 17.0 Å². The van der Waals surface area contributed by atoms with Crippen LogP contribution in [0.4, 0.5) is 0 Å². The predicted octanol–water partition coefficient (Wildman–Crippen LogP) is 1.19. The normalized spacial score (nSPS) is 10.6. The molecule has 2 amide bonds. The Balaban J connectivity index is 3.19. The van der Waals surface area contributed by atoms with E-state index >= 15 is 0 Å². The van der Waals surface area contributed by atoms with Gasteiger partial charge in [-0.3, -0.25) is 9.59 Å². The Labute approximate surface area is 120 Å². The van der Waals surface area contributed by atoms with E-state index in [1.165, 1.54) is 0 Å². The molecule has 0 fully saturated rings. The second kappa shape index (κ2) is 12.7. The van der Waals surface area contributed by atoms with Gasteiger partial charge >= 0.3 is 0 Å². The van der Waals surface area contributed by atoms with Crippen molar-refractivity contribution in [1.82, 2.24) is 5.32 Å². The minimum Gasteiger partial charge on any atom is -0.381 e. The van der Waals surface area contributed by atoms with Crippen LogP contribution in [0.3, 0.4) is 0 Å². The SMILES string of the molecule is C=NC(=O)COCCCOCCCNC(=O)CC(C)C. The van der Waals surface area contributed by atoms with Gasteiger partial charge in [0.05, 0.1) is 0 Å². The fraction of sp³-hybridized carbons (Fsp3) is 0.786. The van der Waals surface area contributed by atoms with Crippen LogP contribution in [0.25, 0.3) is 0 Å². The maximum absolute atomic E-state index is 11.3. The molecule has 0 radical (unpaired) electrons. The summed E-state index contributed by atoms with van der Waals surface area (Å²) in [6.07, 6.45) is 2.09. The molecule has 0 unspecified atom stereocenters. The number of ether oxygens (including phenoxy) is 2. The number of aliphatic imine (C=N–C) groups is 1.